The van der Waals surface area contributed by atoms with Gasteiger partial charge in [-0.1, -0.05) is 17.7 Å². The van der Waals surface area contributed by atoms with E-state index in [1.54, 1.807) is 39.0 Å². The Labute approximate surface area is 136 Å². The molecule has 0 spiro atoms. The number of hydrogen-bond acceptors (Lipinski definition) is 6. The summed E-state index contributed by atoms with van der Waals surface area (Å²) in [6.45, 7) is 6.34. The zero-order valence-electron chi connectivity index (χ0n) is 13.5. The third-order valence-electron chi connectivity index (χ3n) is 2.55. The highest BCUT2D eigenvalue weighted by Gasteiger charge is 2.22. The molecule has 126 valence electrons. The Bertz CT molecular complexity index is 684. The molecule has 0 heterocycles. The number of ether oxygens (including phenoxy) is 1. The van der Waals surface area contributed by atoms with Gasteiger partial charge in [0, 0.05) is 0 Å². The second-order valence-electron chi connectivity index (χ2n) is 5.88. The minimum atomic E-state index is -4.00. The van der Waals surface area contributed by atoms with Crippen molar-refractivity contribution in [3.8, 4) is 6.07 Å². The molecule has 1 aromatic rings. The van der Waals surface area contributed by atoms with Crippen LogP contribution in [0.3, 0.4) is 0 Å². The molecular formula is C15H20N2O5S. The van der Waals surface area contributed by atoms with Gasteiger partial charge < -0.3 is 10.1 Å². The molecule has 0 aromatic heterocycles. The minimum absolute atomic E-state index is 0.0166. The van der Waals surface area contributed by atoms with Gasteiger partial charge in [0.2, 0.25) is 0 Å². The highest BCUT2D eigenvalue weighted by Crippen LogP contribution is 2.13. The van der Waals surface area contributed by atoms with Crippen LogP contribution in [0.1, 0.15) is 26.3 Å². The van der Waals surface area contributed by atoms with Crippen LogP contribution >= 0.6 is 0 Å². The Balaban J connectivity index is 2.65. The quantitative estimate of drug-likeness (QED) is 0.823. The summed E-state index contributed by atoms with van der Waals surface area (Å²) >= 11 is 0. The van der Waals surface area contributed by atoms with E-state index in [1.807, 2.05) is 6.92 Å². The normalized spacial score (nSPS) is 13.0. The number of aryl methyl sites for hydroxylation is 1. The molecule has 0 bridgehead atoms. The van der Waals surface area contributed by atoms with Crippen molar-refractivity contribution in [2.45, 2.75) is 44.2 Å². The third kappa shape index (κ3) is 6.67. The van der Waals surface area contributed by atoms with E-state index in [-0.39, 0.29) is 4.90 Å². The first-order valence-electron chi connectivity index (χ1n) is 6.89. The standard InChI is InChI=1S/C15H20N2O5S/c1-11-5-7-13(8-6-11)23(19,20)21-10-12(9-16)17-14(18)22-15(2,3)4/h5-8,12H,10H2,1-4H3,(H,17,18). The van der Waals surface area contributed by atoms with Gasteiger partial charge in [-0.05, 0) is 39.8 Å². The lowest BCUT2D eigenvalue weighted by Crippen LogP contribution is -2.41. The van der Waals surface area contributed by atoms with Crippen LogP contribution in [-0.4, -0.2) is 32.8 Å². The molecule has 1 rings (SSSR count). The Kier molecular flexibility index (Phi) is 6.12. The molecule has 8 heteroatoms. The van der Waals surface area contributed by atoms with E-state index in [0.29, 0.717) is 0 Å². The predicted octanol–water partition coefficient (Wildman–Crippen LogP) is 2.12. The molecule has 0 aliphatic heterocycles. The van der Waals surface area contributed by atoms with Gasteiger partial charge in [0.1, 0.15) is 18.2 Å². The molecule has 1 amide bonds. The minimum Gasteiger partial charge on any atom is -0.444 e. The lowest BCUT2D eigenvalue weighted by atomic mass is 10.2. The first-order valence-corrected chi connectivity index (χ1v) is 8.29. The average molecular weight is 340 g/mol. The van der Waals surface area contributed by atoms with E-state index in [1.165, 1.54) is 12.1 Å². The number of carbonyl (C=O) groups is 1. The predicted molar refractivity (Wildman–Crippen MR) is 83.1 cm³/mol. The van der Waals surface area contributed by atoms with Crippen molar-refractivity contribution >= 4 is 16.2 Å². The van der Waals surface area contributed by atoms with E-state index in [2.05, 4.69) is 5.32 Å². The van der Waals surface area contributed by atoms with Crippen LogP contribution in [0.15, 0.2) is 29.2 Å². The maximum absolute atomic E-state index is 12.0. The molecule has 0 radical (unpaired) electrons. The van der Waals surface area contributed by atoms with Gasteiger partial charge in [-0.15, -0.1) is 0 Å². The molecule has 7 nitrogen and oxygen atoms in total. The number of alkyl carbamates (subject to hydrolysis) is 1. The Morgan fingerprint density at radius 1 is 1.30 bits per heavy atom. The molecule has 0 aliphatic carbocycles. The molecule has 0 aliphatic rings. The number of benzene rings is 1. The maximum atomic E-state index is 12.0. The first-order chi connectivity index (χ1) is 10.5. The van der Waals surface area contributed by atoms with E-state index in [0.717, 1.165) is 5.56 Å². The molecule has 0 saturated carbocycles. The van der Waals surface area contributed by atoms with Crippen molar-refractivity contribution in [3.05, 3.63) is 29.8 Å². The van der Waals surface area contributed by atoms with Crippen molar-refractivity contribution in [2.75, 3.05) is 6.61 Å². The summed E-state index contributed by atoms with van der Waals surface area (Å²) in [5.41, 5.74) is 0.185. The second-order valence-corrected chi connectivity index (χ2v) is 7.49. The van der Waals surface area contributed by atoms with Gasteiger partial charge >= 0.3 is 6.09 Å². The SMILES string of the molecule is Cc1ccc(S(=O)(=O)OCC(C#N)NC(=O)OC(C)(C)C)cc1. The van der Waals surface area contributed by atoms with Crippen molar-refractivity contribution in [3.63, 3.8) is 0 Å². The third-order valence-corrected chi connectivity index (χ3v) is 3.84. The fraction of sp³-hybridized carbons (Fsp3) is 0.467. The number of carbonyl (C=O) groups excluding carboxylic acids is 1. The molecule has 0 fully saturated rings. The smallest absolute Gasteiger partial charge is 0.408 e. The average Bonchev–Trinajstić information content (AvgIpc) is 2.42. The lowest BCUT2D eigenvalue weighted by molar-refractivity contribution is 0.0504. The van der Waals surface area contributed by atoms with Gasteiger partial charge in [0.05, 0.1) is 11.0 Å². The number of nitrogens with zero attached hydrogens (tertiary/aromatic N) is 1. The molecule has 1 unspecified atom stereocenters. The van der Waals surface area contributed by atoms with Crippen LogP contribution < -0.4 is 5.32 Å². The molecule has 1 atom stereocenters. The molecular weight excluding hydrogens is 320 g/mol. The van der Waals surface area contributed by atoms with Gasteiger partial charge in [-0.2, -0.15) is 13.7 Å². The summed E-state index contributed by atoms with van der Waals surface area (Å²) in [6, 6.07) is 6.69. The summed E-state index contributed by atoms with van der Waals surface area (Å²) in [4.78, 5) is 11.6. The summed E-state index contributed by atoms with van der Waals surface area (Å²) in [6.07, 6.45) is -0.819. The fourth-order valence-corrected chi connectivity index (χ4v) is 2.41. The first kappa shape index (κ1) is 18.9. The van der Waals surface area contributed by atoms with E-state index in [9.17, 15) is 13.2 Å². The number of nitrogens with one attached hydrogen (secondary N) is 1. The summed E-state index contributed by atoms with van der Waals surface area (Å²) in [5, 5.41) is 11.2. The van der Waals surface area contributed by atoms with Crippen LogP contribution in [0.2, 0.25) is 0 Å². The van der Waals surface area contributed by atoms with Crippen LogP contribution in [0.4, 0.5) is 4.79 Å². The van der Waals surface area contributed by atoms with Gasteiger partial charge in [0.25, 0.3) is 10.1 Å². The number of rotatable bonds is 5. The van der Waals surface area contributed by atoms with E-state index in [4.69, 9.17) is 14.2 Å². The second kappa shape index (κ2) is 7.44. The summed E-state index contributed by atoms with van der Waals surface area (Å²) in [7, 11) is -4.00. The van der Waals surface area contributed by atoms with Crippen LogP contribution in [0, 0.1) is 18.3 Å². The van der Waals surface area contributed by atoms with Crippen LogP contribution in [-0.2, 0) is 19.0 Å². The van der Waals surface area contributed by atoms with E-state index >= 15 is 0 Å². The fourth-order valence-electron chi connectivity index (χ4n) is 1.49. The van der Waals surface area contributed by atoms with Gasteiger partial charge in [-0.3, -0.25) is 4.18 Å². The maximum Gasteiger partial charge on any atom is 0.408 e. The largest absolute Gasteiger partial charge is 0.444 e. The van der Waals surface area contributed by atoms with Crippen molar-refractivity contribution in [1.29, 1.82) is 5.26 Å². The summed E-state index contributed by atoms with van der Waals surface area (Å²) < 4.78 is 33.8. The van der Waals surface area contributed by atoms with Crippen LogP contribution in [0.5, 0.6) is 0 Å². The Hall–Kier alpha value is -2.11. The summed E-state index contributed by atoms with van der Waals surface area (Å²) in [5.74, 6) is 0. The highest BCUT2D eigenvalue weighted by molar-refractivity contribution is 7.86. The molecule has 1 N–H and O–H groups in total. The molecule has 1 aromatic carbocycles. The van der Waals surface area contributed by atoms with Crippen molar-refractivity contribution < 1.29 is 22.1 Å². The zero-order chi connectivity index (χ0) is 17.7. The molecule has 23 heavy (non-hydrogen) atoms. The lowest BCUT2D eigenvalue weighted by Gasteiger charge is -2.21. The highest BCUT2D eigenvalue weighted by atomic mass is 32.2. The topological polar surface area (TPSA) is 105 Å². The zero-order valence-corrected chi connectivity index (χ0v) is 14.3. The van der Waals surface area contributed by atoms with Crippen molar-refractivity contribution in [1.82, 2.24) is 5.32 Å². The monoisotopic (exact) mass is 340 g/mol. The van der Waals surface area contributed by atoms with E-state index < -0.39 is 34.5 Å². The molecule has 0 saturated heterocycles. The number of hydrogen-bond donors (Lipinski definition) is 1. The Morgan fingerprint density at radius 3 is 2.35 bits per heavy atom. The number of nitriles is 1. The van der Waals surface area contributed by atoms with Gasteiger partial charge in [-0.25, -0.2) is 4.79 Å². The number of amides is 1. The Morgan fingerprint density at radius 2 is 1.87 bits per heavy atom. The van der Waals surface area contributed by atoms with Gasteiger partial charge in [0.15, 0.2) is 0 Å². The van der Waals surface area contributed by atoms with Crippen LogP contribution in [0.25, 0.3) is 0 Å². The van der Waals surface area contributed by atoms with Crippen molar-refractivity contribution in [2.24, 2.45) is 0 Å².